The molecule has 3 rings (SSSR count). The zero-order valence-corrected chi connectivity index (χ0v) is 14.2. The van der Waals surface area contributed by atoms with Crippen LogP contribution in [0.1, 0.15) is 20.8 Å². The number of nitrogens with one attached hydrogen (secondary N) is 1. The van der Waals surface area contributed by atoms with Gasteiger partial charge in [-0.15, -0.1) is 11.3 Å². The lowest BCUT2D eigenvalue weighted by Gasteiger charge is -2.06. The van der Waals surface area contributed by atoms with Crippen molar-refractivity contribution in [1.82, 2.24) is 0 Å². The van der Waals surface area contributed by atoms with Crippen molar-refractivity contribution in [2.75, 3.05) is 11.9 Å². The first-order valence-corrected chi connectivity index (χ1v) is 8.35. The van der Waals surface area contributed by atoms with Gasteiger partial charge in [0.2, 0.25) is 0 Å². The van der Waals surface area contributed by atoms with Crippen molar-refractivity contribution in [3.63, 3.8) is 0 Å². The molecule has 6 heteroatoms. The number of benzene rings is 2. The molecule has 0 aliphatic heterocycles. The van der Waals surface area contributed by atoms with E-state index in [9.17, 15) is 9.59 Å². The maximum Gasteiger partial charge on any atom is 0.349 e. The van der Waals surface area contributed by atoms with E-state index in [1.807, 2.05) is 37.3 Å². The van der Waals surface area contributed by atoms with E-state index in [2.05, 4.69) is 5.32 Å². The molecular formula is C19H14N2O3S. The Morgan fingerprint density at radius 3 is 2.76 bits per heavy atom. The summed E-state index contributed by atoms with van der Waals surface area (Å²) in [6.07, 6.45) is 0. The lowest BCUT2D eigenvalue weighted by Crippen LogP contribution is -2.20. The van der Waals surface area contributed by atoms with Crippen LogP contribution in [0.2, 0.25) is 0 Å². The molecule has 0 saturated carbocycles. The van der Waals surface area contributed by atoms with E-state index in [0.29, 0.717) is 16.1 Å². The highest BCUT2D eigenvalue weighted by Crippen LogP contribution is 2.30. The number of amides is 1. The Bertz CT molecular complexity index is 1000. The maximum absolute atomic E-state index is 12.3. The standard InChI is InChI=1S/C19H14N2O3S/c1-12-15-7-2-3-8-16(15)25-18(12)19(23)24-11-17(22)21-14-6-4-5-13(9-14)10-20/h2-9H,11H2,1H3,(H,21,22). The van der Waals surface area contributed by atoms with Crippen LogP contribution >= 0.6 is 11.3 Å². The summed E-state index contributed by atoms with van der Waals surface area (Å²) in [6, 6.07) is 16.2. The molecule has 0 saturated heterocycles. The Hall–Kier alpha value is -3.17. The molecule has 1 aromatic heterocycles. The van der Waals surface area contributed by atoms with Crippen LogP contribution < -0.4 is 5.32 Å². The fourth-order valence-electron chi connectivity index (χ4n) is 2.43. The second kappa shape index (κ2) is 7.16. The number of carbonyl (C=O) groups is 2. The van der Waals surface area contributed by atoms with Gasteiger partial charge in [0.05, 0.1) is 11.6 Å². The lowest BCUT2D eigenvalue weighted by atomic mass is 10.1. The summed E-state index contributed by atoms with van der Waals surface area (Å²) < 4.78 is 6.13. The number of ether oxygens (including phenoxy) is 1. The van der Waals surface area contributed by atoms with Crippen molar-refractivity contribution < 1.29 is 14.3 Å². The number of hydrogen-bond acceptors (Lipinski definition) is 5. The molecule has 0 fully saturated rings. The number of anilines is 1. The highest BCUT2D eigenvalue weighted by Gasteiger charge is 2.17. The molecule has 2 aromatic carbocycles. The number of nitriles is 1. The third kappa shape index (κ3) is 3.67. The molecule has 0 spiro atoms. The summed E-state index contributed by atoms with van der Waals surface area (Å²) in [5, 5.41) is 12.5. The number of esters is 1. The molecule has 1 amide bonds. The third-order valence-electron chi connectivity index (χ3n) is 3.64. The van der Waals surface area contributed by atoms with Gasteiger partial charge in [0.15, 0.2) is 6.61 Å². The van der Waals surface area contributed by atoms with Crippen LogP contribution in [0.15, 0.2) is 48.5 Å². The van der Waals surface area contributed by atoms with E-state index in [1.165, 1.54) is 11.3 Å². The average molecular weight is 350 g/mol. The number of aryl methyl sites for hydroxylation is 1. The predicted octanol–water partition coefficient (Wildman–Crippen LogP) is 3.88. The van der Waals surface area contributed by atoms with Crippen molar-refractivity contribution in [3.05, 3.63) is 64.5 Å². The molecule has 0 unspecified atom stereocenters. The monoisotopic (exact) mass is 350 g/mol. The highest BCUT2D eigenvalue weighted by atomic mass is 32.1. The van der Waals surface area contributed by atoms with E-state index < -0.39 is 11.9 Å². The molecule has 25 heavy (non-hydrogen) atoms. The Kier molecular flexibility index (Phi) is 4.78. The summed E-state index contributed by atoms with van der Waals surface area (Å²) in [6.45, 7) is 1.48. The van der Waals surface area contributed by atoms with Crippen molar-refractivity contribution >= 4 is 39.0 Å². The summed E-state index contributed by atoms with van der Waals surface area (Å²) in [4.78, 5) is 24.7. The lowest BCUT2D eigenvalue weighted by molar-refractivity contribution is -0.119. The minimum absolute atomic E-state index is 0.386. The molecule has 0 aliphatic carbocycles. The summed E-state index contributed by atoms with van der Waals surface area (Å²) in [5.74, 6) is -0.971. The molecule has 124 valence electrons. The highest BCUT2D eigenvalue weighted by molar-refractivity contribution is 7.21. The van der Waals surface area contributed by atoms with Crippen molar-refractivity contribution in [3.8, 4) is 6.07 Å². The van der Waals surface area contributed by atoms with Crippen molar-refractivity contribution in [1.29, 1.82) is 5.26 Å². The maximum atomic E-state index is 12.3. The number of hydrogen-bond donors (Lipinski definition) is 1. The van der Waals surface area contributed by atoms with Gasteiger partial charge in [0.1, 0.15) is 4.88 Å². The smallest absolute Gasteiger partial charge is 0.349 e. The first-order chi connectivity index (χ1) is 12.1. The number of fused-ring (bicyclic) bond motifs is 1. The number of carbonyl (C=O) groups excluding carboxylic acids is 2. The number of thiophene rings is 1. The molecular weight excluding hydrogens is 336 g/mol. The van der Waals surface area contributed by atoms with E-state index in [-0.39, 0.29) is 6.61 Å². The molecule has 0 radical (unpaired) electrons. The van der Waals surface area contributed by atoms with Gasteiger partial charge in [-0.25, -0.2) is 4.79 Å². The van der Waals surface area contributed by atoms with Gasteiger partial charge in [-0.05, 0) is 42.1 Å². The van der Waals surface area contributed by atoms with Gasteiger partial charge in [-0.3, -0.25) is 4.79 Å². The predicted molar refractivity (Wildman–Crippen MR) is 96.6 cm³/mol. The normalized spacial score (nSPS) is 10.2. The molecule has 0 aliphatic rings. The molecule has 5 nitrogen and oxygen atoms in total. The van der Waals surface area contributed by atoms with Gasteiger partial charge in [0.25, 0.3) is 5.91 Å². The minimum atomic E-state index is -0.514. The van der Waals surface area contributed by atoms with Gasteiger partial charge in [-0.1, -0.05) is 24.3 Å². The Balaban J connectivity index is 1.64. The SMILES string of the molecule is Cc1c(C(=O)OCC(=O)Nc2cccc(C#N)c2)sc2ccccc12. The summed E-state index contributed by atoms with van der Waals surface area (Å²) in [7, 11) is 0. The Morgan fingerprint density at radius 1 is 1.20 bits per heavy atom. The molecule has 0 bridgehead atoms. The van der Waals surface area contributed by atoms with E-state index >= 15 is 0 Å². The molecule has 0 atom stereocenters. The number of nitrogens with zero attached hydrogens (tertiary/aromatic N) is 1. The summed E-state index contributed by atoms with van der Waals surface area (Å²) in [5.41, 5.74) is 1.78. The molecule has 1 N–H and O–H groups in total. The van der Waals surface area contributed by atoms with E-state index in [0.717, 1.165) is 15.6 Å². The van der Waals surface area contributed by atoms with Crippen LogP contribution in [0.4, 0.5) is 5.69 Å². The van der Waals surface area contributed by atoms with Crippen LogP contribution in [0.5, 0.6) is 0 Å². The first kappa shape index (κ1) is 16.7. The second-order valence-electron chi connectivity index (χ2n) is 5.37. The Labute approximate surface area is 148 Å². The first-order valence-electron chi connectivity index (χ1n) is 7.54. The van der Waals surface area contributed by atoms with Crippen molar-refractivity contribution in [2.45, 2.75) is 6.92 Å². The van der Waals surface area contributed by atoms with Crippen LogP contribution in [0.25, 0.3) is 10.1 Å². The topological polar surface area (TPSA) is 79.2 Å². The largest absolute Gasteiger partial charge is 0.451 e. The summed E-state index contributed by atoms with van der Waals surface area (Å²) >= 11 is 1.35. The van der Waals surface area contributed by atoms with E-state index in [4.69, 9.17) is 10.00 Å². The van der Waals surface area contributed by atoms with Gasteiger partial charge < -0.3 is 10.1 Å². The van der Waals surface area contributed by atoms with Gasteiger partial charge in [0, 0.05) is 10.4 Å². The molecule has 1 heterocycles. The minimum Gasteiger partial charge on any atom is -0.451 e. The zero-order chi connectivity index (χ0) is 17.8. The third-order valence-corrected chi connectivity index (χ3v) is 4.89. The van der Waals surface area contributed by atoms with Crippen molar-refractivity contribution in [2.24, 2.45) is 0 Å². The Morgan fingerprint density at radius 2 is 2.00 bits per heavy atom. The van der Waals surface area contributed by atoms with Crippen LogP contribution in [0, 0.1) is 18.3 Å². The van der Waals surface area contributed by atoms with Gasteiger partial charge >= 0.3 is 5.97 Å². The van der Waals surface area contributed by atoms with Gasteiger partial charge in [-0.2, -0.15) is 5.26 Å². The average Bonchev–Trinajstić information content (AvgIpc) is 2.97. The van der Waals surface area contributed by atoms with Crippen LogP contribution in [0.3, 0.4) is 0 Å². The van der Waals surface area contributed by atoms with Crippen LogP contribution in [-0.4, -0.2) is 18.5 Å². The quantitative estimate of drug-likeness (QED) is 0.724. The fraction of sp³-hybridized carbons (Fsp3) is 0.105. The number of rotatable bonds is 4. The molecule has 3 aromatic rings. The van der Waals surface area contributed by atoms with Crippen LogP contribution in [-0.2, 0) is 9.53 Å². The fourth-order valence-corrected chi connectivity index (χ4v) is 3.53. The van der Waals surface area contributed by atoms with E-state index in [1.54, 1.807) is 24.3 Å². The zero-order valence-electron chi connectivity index (χ0n) is 13.4. The second-order valence-corrected chi connectivity index (χ2v) is 6.42.